The topological polar surface area (TPSA) is 51.0 Å². The summed E-state index contributed by atoms with van der Waals surface area (Å²) in [4.78, 5) is 19.1. The molecule has 3 heterocycles. The number of carbonyl (C=O) groups excluding carboxylic acids is 1. The van der Waals surface area contributed by atoms with Gasteiger partial charge in [-0.2, -0.15) is 5.10 Å². The molecule has 1 aliphatic rings. The fourth-order valence-corrected chi connectivity index (χ4v) is 4.75. The first kappa shape index (κ1) is 21.4. The van der Waals surface area contributed by atoms with Gasteiger partial charge in [0, 0.05) is 29.9 Å². The lowest BCUT2D eigenvalue weighted by atomic mass is 10.0. The molecule has 33 heavy (non-hydrogen) atoms. The molecule has 1 aliphatic heterocycles. The number of amides is 1. The van der Waals surface area contributed by atoms with Crippen molar-refractivity contribution >= 4 is 17.5 Å². The number of benzene rings is 2. The third kappa shape index (κ3) is 4.55. The van der Waals surface area contributed by atoms with E-state index in [9.17, 15) is 4.79 Å². The molecule has 6 heteroatoms. The van der Waals surface area contributed by atoms with E-state index >= 15 is 0 Å². The standard InChI is InChI=1S/C27H25ClN4O/c1-19-16-22(17-26(28)29-19)27(33)31-14-12-23(13-15-31)32-25(21-10-6-3-7-11-21)18-24(30-32)20-8-4-2-5-9-20/h2-11,16-18,23H,12-15H2,1H3. The minimum absolute atomic E-state index is 0.00886. The molecule has 1 saturated heterocycles. The van der Waals surface area contributed by atoms with E-state index in [2.05, 4.69) is 52.1 Å². The van der Waals surface area contributed by atoms with Crippen LogP contribution >= 0.6 is 11.6 Å². The summed E-state index contributed by atoms with van der Waals surface area (Å²) in [5, 5.41) is 5.37. The zero-order chi connectivity index (χ0) is 22.8. The van der Waals surface area contributed by atoms with Crippen LogP contribution in [0.15, 0.2) is 78.9 Å². The van der Waals surface area contributed by atoms with Gasteiger partial charge in [-0.05, 0) is 43.5 Å². The maximum atomic E-state index is 13.0. The van der Waals surface area contributed by atoms with E-state index in [-0.39, 0.29) is 11.9 Å². The van der Waals surface area contributed by atoms with Crippen molar-refractivity contribution in [1.82, 2.24) is 19.7 Å². The number of hydrogen-bond acceptors (Lipinski definition) is 3. The van der Waals surface area contributed by atoms with E-state index in [0.717, 1.165) is 41.1 Å². The van der Waals surface area contributed by atoms with Gasteiger partial charge in [-0.15, -0.1) is 0 Å². The van der Waals surface area contributed by atoms with Gasteiger partial charge in [0.05, 0.1) is 17.4 Å². The summed E-state index contributed by atoms with van der Waals surface area (Å²) in [5.74, 6) is 0.00886. The molecule has 2 aromatic heterocycles. The van der Waals surface area contributed by atoms with Crippen molar-refractivity contribution in [2.75, 3.05) is 13.1 Å². The Morgan fingerprint density at radius 1 is 0.909 bits per heavy atom. The molecule has 0 unspecified atom stereocenters. The molecule has 0 atom stereocenters. The van der Waals surface area contributed by atoms with Gasteiger partial charge in [0.15, 0.2) is 0 Å². The summed E-state index contributed by atoms with van der Waals surface area (Å²) in [7, 11) is 0. The molecular weight excluding hydrogens is 432 g/mol. The fourth-order valence-electron chi connectivity index (χ4n) is 4.49. The molecular formula is C27H25ClN4O. The Labute approximate surface area is 198 Å². The number of aromatic nitrogens is 3. The summed E-state index contributed by atoms with van der Waals surface area (Å²) in [6, 6.07) is 26.5. The molecule has 0 N–H and O–H groups in total. The monoisotopic (exact) mass is 456 g/mol. The maximum absolute atomic E-state index is 13.0. The van der Waals surface area contributed by atoms with E-state index in [1.54, 1.807) is 12.1 Å². The number of rotatable bonds is 4. The number of carbonyl (C=O) groups is 1. The first-order valence-electron chi connectivity index (χ1n) is 11.2. The third-order valence-electron chi connectivity index (χ3n) is 6.14. The summed E-state index contributed by atoms with van der Waals surface area (Å²) >= 11 is 6.07. The van der Waals surface area contributed by atoms with Crippen LogP contribution in [0.2, 0.25) is 5.15 Å². The van der Waals surface area contributed by atoms with E-state index in [0.29, 0.717) is 23.8 Å². The first-order chi connectivity index (χ1) is 16.1. The van der Waals surface area contributed by atoms with Gasteiger partial charge in [0.2, 0.25) is 0 Å². The number of halogens is 1. The Morgan fingerprint density at radius 2 is 1.55 bits per heavy atom. The van der Waals surface area contributed by atoms with Crippen LogP contribution in [0.1, 0.15) is 34.9 Å². The van der Waals surface area contributed by atoms with Crippen molar-refractivity contribution in [2.45, 2.75) is 25.8 Å². The molecule has 166 valence electrons. The van der Waals surface area contributed by atoms with Crippen molar-refractivity contribution in [3.63, 3.8) is 0 Å². The molecule has 0 saturated carbocycles. The highest BCUT2D eigenvalue weighted by Crippen LogP contribution is 2.32. The smallest absolute Gasteiger partial charge is 0.254 e. The van der Waals surface area contributed by atoms with Crippen molar-refractivity contribution in [3.05, 3.63) is 95.3 Å². The molecule has 1 amide bonds. The maximum Gasteiger partial charge on any atom is 0.254 e. The normalized spacial score (nSPS) is 14.4. The average Bonchev–Trinajstić information content (AvgIpc) is 3.30. The van der Waals surface area contributed by atoms with E-state index in [1.165, 1.54) is 0 Å². The second-order valence-corrected chi connectivity index (χ2v) is 8.82. The molecule has 0 radical (unpaired) electrons. The Hall–Kier alpha value is -3.44. The quantitative estimate of drug-likeness (QED) is 0.351. The van der Waals surface area contributed by atoms with Crippen LogP contribution in [0.5, 0.6) is 0 Å². The lowest BCUT2D eigenvalue weighted by molar-refractivity contribution is 0.0690. The lowest BCUT2D eigenvalue weighted by Gasteiger charge is -2.33. The van der Waals surface area contributed by atoms with Crippen LogP contribution in [-0.2, 0) is 0 Å². The minimum atomic E-state index is 0.00886. The summed E-state index contributed by atoms with van der Waals surface area (Å²) in [6.07, 6.45) is 1.69. The zero-order valence-electron chi connectivity index (χ0n) is 18.5. The van der Waals surface area contributed by atoms with Crippen LogP contribution in [0.25, 0.3) is 22.5 Å². The highest BCUT2D eigenvalue weighted by molar-refractivity contribution is 6.29. The van der Waals surface area contributed by atoms with Gasteiger partial charge < -0.3 is 4.90 Å². The van der Waals surface area contributed by atoms with Crippen molar-refractivity contribution in [3.8, 4) is 22.5 Å². The molecule has 0 bridgehead atoms. The minimum Gasteiger partial charge on any atom is -0.338 e. The second kappa shape index (κ2) is 9.20. The summed E-state index contributed by atoms with van der Waals surface area (Å²) in [5.41, 5.74) is 5.67. The largest absolute Gasteiger partial charge is 0.338 e. The predicted octanol–water partition coefficient (Wildman–Crippen LogP) is 6.05. The molecule has 5 rings (SSSR count). The van der Waals surface area contributed by atoms with Gasteiger partial charge in [-0.1, -0.05) is 72.3 Å². The SMILES string of the molecule is Cc1cc(C(=O)N2CCC(n3nc(-c4ccccc4)cc3-c3ccccc3)CC2)cc(Cl)n1. The lowest BCUT2D eigenvalue weighted by Crippen LogP contribution is -2.39. The average molecular weight is 457 g/mol. The Morgan fingerprint density at radius 3 is 2.18 bits per heavy atom. The van der Waals surface area contributed by atoms with Gasteiger partial charge in [0.1, 0.15) is 5.15 Å². The van der Waals surface area contributed by atoms with Gasteiger partial charge in [-0.25, -0.2) is 4.98 Å². The molecule has 1 fully saturated rings. The fraction of sp³-hybridized carbons (Fsp3) is 0.222. The van der Waals surface area contributed by atoms with E-state index in [1.807, 2.05) is 36.1 Å². The van der Waals surface area contributed by atoms with Crippen LogP contribution in [-0.4, -0.2) is 38.7 Å². The van der Waals surface area contributed by atoms with Crippen LogP contribution < -0.4 is 0 Å². The Bertz CT molecular complexity index is 1240. The number of pyridine rings is 1. The Balaban J connectivity index is 1.40. The van der Waals surface area contributed by atoms with Crippen molar-refractivity contribution in [2.24, 2.45) is 0 Å². The highest BCUT2D eigenvalue weighted by Gasteiger charge is 2.27. The first-order valence-corrected chi connectivity index (χ1v) is 11.6. The molecule has 4 aromatic rings. The number of aryl methyl sites for hydroxylation is 1. The highest BCUT2D eigenvalue weighted by atomic mass is 35.5. The van der Waals surface area contributed by atoms with Crippen LogP contribution in [0.4, 0.5) is 0 Å². The molecule has 0 aliphatic carbocycles. The summed E-state index contributed by atoms with van der Waals surface area (Å²) < 4.78 is 2.16. The van der Waals surface area contributed by atoms with Crippen LogP contribution in [0.3, 0.4) is 0 Å². The number of piperidine rings is 1. The third-order valence-corrected chi connectivity index (χ3v) is 6.34. The molecule has 0 spiro atoms. The number of nitrogens with zero attached hydrogens (tertiary/aromatic N) is 4. The molecule has 5 nitrogen and oxygen atoms in total. The van der Waals surface area contributed by atoms with Gasteiger partial charge >= 0.3 is 0 Å². The Kier molecular flexibility index (Phi) is 5.97. The number of likely N-dealkylation sites (tertiary alicyclic amines) is 1. The predicted molar refractivity (Wildman–Crippen MR) is 131 cm³/mol. The second-order valence-electron chi connectivity index (χ2n) is 8.43. The van der Waals surface area contributed by atoms with Gasteiger partial charge in [0.25, 0.3) is 5.91 Å². The van der Waals surface area contributed by atoms with E-state index < -0.39 is 0 Å². The summed E-state index contributed by atoms with van der Waals surface area (Å²) in [6.45, 7) is 3.20. The van der Waals surface area contributed by atoms with Gasteiger partial charge in [-0.3, -0.25) is 9.48 Å². The van der Waals surface area contributed by atoms with Crippen molar-refractivity contribution < 1.29 is 4.79 Å². The van der Waals surface area contributed by atoms with Crippen molar-refractivity contribution in [1.29, 1.82) is 0 Å². The van der Waals surface area contributed by atoms with Crippen LogP contribution in [0, 0.1) is 6.92 Å². The molecule has 2 aromatic carbocycles. The number of hydrogen-bond donors (Lipinski definition) is 0. The zero-order valence-corrected chi connectivity index (χ0v) is 19.2. The van der Waals surface area contributed by atoms with E-state index in [4.69, 9.17) is 16.7 Å².